The Hall–Kier alpha value is -1.93. The van der Waals surface area contributed by atoms with Crippen molar-refractivity contribution in [2.24, 2.45) is 0 Å². The van der Waals surface area contributed by atoms with Gasteiger partial charge >= 0.3 is 0 Å². The number of nitrogens with zero attached hydrogens (tertiary/aromatic N) is 2. The molecule has 168 valence electrons. The maximum atomic E-state index is 8.49. The Balaban J connectivity index is 0.000000614. The lowest BCUT2D eigenvalue weighted by atomic mass is 9.81. The molecule has 0 spiro atoms. The highest BCUT2D eigenvalue weighted by Gasteiger charge is 2.42. The lowest BCUT2D eigenvalue weighted by Crippen LogP contribution is -2.68. The second-order valence-corrected chi connectivity index (χ2v) is 8.90. The van der Waals surface area contributed by atoms with E-state index < -0.39 is 10.2 Å². The summed E-state index contributed by atoms with van der Waals surface area (Å²) >= 11 is 6.23. The van der Waals surface area contributed by atoms with Crippen LogP contribution in [0.2, 0.25) is 5.02 Å². The zero-order valence-corrected chi connectivity index (χ0v) is 19.9. The van der Waals surface area contributed by atoms with E-state index in [1.165, 1.54) is 28.2 Å². The number of hydrogen-bond acceptors (Lipinski definition) is 5. The van der Waals surface area contributed by atoms with E-state index in [1.807, 2.05) is 6.07 Å². The number of hydrogen-bond donors (Lipinski definition) is 0. The summed E-state index contributed by atoms with van der Waals surface area (Å²) in [7, 11) is -2.81. The van der Waals surface area contributed by atoms with Gasteiger partial charge in [0.2, 0.25) is 5.69 Å². The van der Waals surface area contributed by atoms with Gasteiger partial charge in [0.1, 0.15) is 7.05 Å². The average Bonchev–Trinajstić information content (AvgIpc) is 2.86. The fourth-order valence-corrected chi connectivity index (χ4v) is 4.04. The van der Waals surface area contributed by atoms with Crippen molar-refractivity contribution in [3.63, 3.8) is 0 Å². The van der Waals surface area contributed by atoms with Gasteiger partial charge in [0.05, 0.1) is 5.41 Å². The predicted molar refractivity (Wildman–Crippen MR) is 114 cm³/mol. The molecule has 0 aliphatic carbocycles. The molecular weight excluding hydrogens is 439 g/mol. The first kappa shape index (κ1) is 25.3. The molecule has 0 saturated heterocycles. The highest BCUT2D eigenvalue weighted by atomic mass is 35.7. The average molecular weight is 467 g/mol. The highest BCUT2D eigenvalue weighted by molar-refractivity contribution is 6.30. The van der Waals surface area contributed by atoms with Crippen molar-refractivity contribution < 1.29 is 33.5 Å². The zero-order valence-electron chi connectivity index (χ0n) is 18.4. The van der Waals surface area contributed by atoms with E-state index in [2.05, 4.69) is 92.8 Å². The molecule has 0 radical (unpaired) electrons. The molecule has 0 bridgehead atoms. The van der Waals surface area contributed by atoms with E-state index in [0.29, 0.717) is 0 Å². The normalized spacial score (nSPS) is 15.0. The van der Waals surface area contributed by atoms with E-state index in [4.69, 9.17) is 30.2 Å². The van der Waals surface area contributed by atoms with Crippen molar-refractivity contribution >= 4 is 34.8 Å². The summed E-state index contributed by atoms with van der Waals surface area (Å²) in [6.45, 7) is 11.0. The molecular formula is C23H28Cl2N2O4. The van der Waals surface area contributed by atoms with Gasteiger partial charge in [0.15, 0.2) is 5.71 Å². The Morgan fingerprint density at radius 1 is 0.968 bits per heavy atom. The molecule has 0 amide bonds. The summed E-state index contributed by atoms with van der Waals surface area (Å²) in [6, 6.07) is 15.0. The van der Waals surface area contributed by atoms with E-state index in [9.17, 15) is 0 Å². The minimum atomic E-state index is -4.94. The van der Waals surface area contributed by atoms with Crippen molar-refractivity contribution in [2.45, 2.75) is 33.1 Å². The SMILES string of the molecule is CCN(CC)c1ccc(C=CC2=[N+](C)c3ccc(Cl)cc3C2(C)C)cc1.[O-][Cl+3]([O-])([O-])[O-]. The second-order valence-electron chi connectivity index (χ2n) is 7.71. The van der Waals surface area contributed by atoms with Crippen LogP contribution in [0.5, 0.6) is 0 Å². The Kier molecular flexibility index (Phi) is 8.27. The van der Waals surface area contributed by atoms with Gasteiger partial charge in [-0.05, 0) is 63.6 Å². The number of halogens is 2. The summed E-state index contributed by atoms with van der Waals surface area (Å²) in [6.07, 6.45) is 4.44. The number of allylic oxidation sites excluding steroid dienone is 1. The number of fused-ring (bicyclic) bond motifs is 1. The third-order valence-electron chi connectivity index (χ3n) is 5.45. The van der Waals surface area contributed by atoms with Crippen LogP contribution in [0.1, 0.15) is 38.8 Å². The van der Waals surface area contributed by atoms with Crippen LogP contribution in [-0.2, 0) is 5.41 Å². The molecule has 1 aliphatic heterocycles. The Bertz CT molecular complexity index is 955. The molecule has 0 saturated carbocycles. The number of rotatable bonds is 5. The summed E-state index contributed by atoms with van der Waals surface area (Å²) in [5.74, 6) is 0. The molecule has 0 aromatic heterocycles. The summed E-state index contributed by atoms with van der Waals surface area (Å²) in [5, 5.41) is 0.794. The molecule has 3 rings (SSSR count). The summed E-state index contributed by atoms with van der Waals surface area (Å²) in [4.78, 5) is 2.36. The van der Waals surface area contributed by atoms with Gasteiger partial charge in [0, 0.05) is 41.5 Å². The maximum Gasteiger partial charge on any atom is 0.209 e. The lowest BCUT2D eigenvalue weighted by molar-refractivity contribution is -2.00. The Morgan fingerprint density at radius 3 is 2.03 bits per heavy atom. The fraction of sp³-hybridized carbons (Fsp3) is 0.348. The van der Waals surface area contributed by atoms with Crippen LogP contribution in [0.4, 0.5) is 11.4 Å². The molecule has 0 N–H and O–H groups in total. The molecule has 1 aliphatic rings. The fourth-order valence-electron chi connectivity index (χ4n) is 3.87. The molecule has 31 heavy (non-hydrogen) atoms. The van der Waals surface area contributed by atoms with E-state index in [1.54, 1.807) is 0 Å². The van der Waals surface area contributed by atoms with Gasteiger partial charge in [-0.1, -0.05) is 23.7 Å². The predicted octanol–water partition coefficient (Wildman–Crippen LogP) is 1.15. The van der Waals surface area contributed by atoms with Crippen molar-refractivity contribution in [1.82, 2.24) is 0 Å². The summed E-state index contributed by atoms with van der Waals surface area (Å²) in [5.41, 5.74) is 6.22. The Labute approximate surface area is 191 Å². The van der Waals surface area contributed by atoms with E-state index in [0.717, 1.165) is 18.1 Å². The van der Waals surface area contributed by atoms with Crippen molar-refractivity contribution in [3.05, 3.63) is 64.7 Å². The van der Waals surface area contributed by atoms with Crippen LogP contribution in [-0.4, -0.2) is 30.4 Å². The van der Waals surface area contributed by atoms with Crippen LogP contribution in [0.15, 0.2) is 48.5 Å². The molecule has 8 heteroatoms. The lowest BCUT2D eigenvalue weighted by Gasteiger charge is -2.20. The van der Waals surface area contributed by atoms with E-state index in [-0.39, 0.29) is 5.41 Å². The third-order valence-corrected chi connectivity index (χ3v) is 5.69. The van der Waals surface area contributed by atoms with Crippen molar-refractivity contribution in [1.29, 1.82) is 0 Å². The first-order valence-electron chi connectivity index (χ1n) is 9.94. The Morgan fingerprint density at radius 2 is 1.52 bits per heavy atom. The van der Waals surface area contributed by atoms with Gasteiger partial charge < -0.3 is 4.90 Å². The molecule has 0 atom stereocenters. The first-order valence-corrected chi connectivity index (χ1v) is 11.6. The van der Waals surface area contributed by atoms with Gasteiger partial charge in [0.25, 0.3) is 0 Å². The minimum Gasteiger partial charge on any atom is -0.372 e. The quantitative estimate of drug-likeness (QED) is 0.615. The largest absolute Gasteiger partial charge is 0.372 e. The van der Waals surface area contributed by atoms with E-state index >= 15 is 0 Å². The minimum absolute atomic E-state index is 0.0629. The van der Waals surface area contributed by atoms with Crippen LogP contribution < -0.4 is 23.5 Å². The van der Waals surface area contributed by atoms with Gasteiger partial charge in [-0.25, -0.2) is 18.6 Å². The molecule has 0 unspecified atom stereocenters. The number of benzene rings is 2. The molecule has 1 heterocycles. The summed E-state index contributed by atoms with van der Waals surface area (Å²) < 4.78 is 36.2. The maximum absolute atomic E-state index is 8.49. The molecule has 0 fully saturated rings. The molecule has 6 nitrogen and oxygen atoms in total. The van der Waals surface area contributed by atoms with Crippen LogP contribution in [0.25, 0.3) is 6.08 Å². The highest BCUT2D eigenvalue weighted by Crippen LogP contribution is 2.40. The molecule has 2 aromatic rings. The third kappa shape index (κ3) is 6.53. The van der Waals surface area contributed by atoms with Crippen molar-refractivity contribution in [2.75, 3.05) is 25.0 Å². The second kappa shape index (κ2) is 10.1. The zero-order chi connectivity index (χ0) is 23.4. The molecule has 2 aromatic carbocycles. The van der Waals surface area contributed by atoms with Gasteiger partial charge in [-0.2, -0.15) is 4.58 Å². The van der Waals surface area contributed by atoms with Crippen LogP contribution in [0.3, 0.4) is 0 Å². The van der Waals surface area contributed by atoms with Crippen LogP contribution >= 0.6 is 11.6 Å². The smallest absolute Gasteiger partial charge is 0.209 e. The van der Waals surface area contributed by atoms with Crippen LogP contribution in [0, 0.1) is 10.2 Å². The van der Waals surface area contributed by atoms with Crippen molar-refractivity contribution in [3.8, 4) is 0 Å². The first-order chi connectivity index (χ1) is 14.4. The monoisotopic (exact) mass is 466 g/mol. The van der Waals surface area contributed by atoms with Gasteiger partial charge in [-0.3, -0.25) is 0 Å². The standard InChI is InChI=1S/C23H28ClN2.ClHO4/c1-6-26(7-2)19-12-8-17(9-13-19)10-15-22-23(3,4)20-16-18(24)11-14-21(20)25(22)5;2-1(3,4)5/h8-16H,6-7H2,1-5H3;(H,2,3,4,5)/q+1;/p-1. The topological polar surface area (TPSA) is 98.5 Å². The van der Waals surface area contributed by atoms with Gasteiger partial charge in [-0.15, -0.1) is 10.2 Å². The number of anilines is 1.